The zero-order valence-corrected chi connectivity index (χ0v) is 9.56. The molecule has 0 saturated heterocycles. The SMILES string of the molecule is CSc1ncccc1C(=O)NOCC(F)(F)F. The Labute approximate surface area is 99.5 Å². The Bertz CT molecular complexity index is 398. The van der Waals surface area contributed by atoms with Crippen LogP contribution < -0.4 is 5.48 Å². The number of aromatic nitrogens is 1. The molecule has 1 N–H and O–H groups in total. The number of rotatable bonds is 4. The third kappa shape index (κ3) is 4.61. The summed E-state index contributed by atoms with van der Waals surface area (Å²) in [6.45, 7) is -1.53. The molecular weight excluding hydrogens is 257 g/mol. The zero-order chi connectivity index (χ0) is 12.9. The summed E-state index contributed by atoms with van der Waals surface area (Å²) < 4.78 is 35.3. The van der Waals surface area contributed by atoms with E-state index < -0.39 is 18.7 Å². The number of halogens is 3. The van der Waals surface area contributed by atoms with Gasteiger partial charge in [-0.3, -0.25) is 9.63 Å². The van der Waals surface area contributed by atoms with E-state index in [-0.39, 0.29) is 5.56 Å². The van der Waals surface area contributed by atoms with Crippen LogP contribution in [0, 0.1) is 0 Å². The van der Waals surface area contributed by atoms with E-state index >= 15 is 0 Å². The molecule has 8 heteroatoms. The normalized spacial score (nSPS) is 11.3. The highest BCUT2D eigenvalue weighted by molar-refractivity contribution is 7.98. The largest absolute Gasteiger partial charge is 0.414 e. The molecule has 1 heterocycles. The summed E-state index contributed by atoms with van der Waals surface area (Å²) >= 11 is 1.21. The highest BCUT2D eigenvalue weighted by Gasteiger charge is 2.28. The van der Waals surface area contributed by atoms with Crippen LogP contribution in [0.2, 0.25) is 0 Å². The summed E-state index contributed by atoms with van der Waals surface area (Å²) in [5.74, 6) is -0.758. The maximum absolute atomic E-state index is 11.8. The molecule has 1 rings (SSSR count). The molecule has 4 nitrogen and oxygen atoms in total. The van der Waals surface area contributed by atoms with Crippen LogP contribution in [0.4, 0.5) is 13.2 Å². The lowest BCUT2D eigenvalue weighted by Crippen LogP contribution is -2.29. The van der Waals surface area contributed by atoms with Crippen LogP contribution in [0.3, 0.4) is 0 Å². The van der Waals surface area contributed by atoms with Gasteiger partial charge < -0.3 is 0 Å². The van der Waals surface area contributed by atoms with Crippen molar-refractivity contribution in [3.05, 3.63) is 23.9 Å². The molecule has 0 radical (unpaired) electrons. The predicted octanol–water partition coefficient (Wildman–Crippen LogP) is 2.03. The Morgan fingerprint density at radius 2 is 2.29 bits per heavy atom. The number of pyridine rings is 1. The summed E-state index contributed by atoms with van der Waals surface area (Å²) in [5, 5.41) is 0.417. The van der Waals surface area contributed by atoms with Gasteiger partial charge in [-0.1, -0.05) is 0 Å². The lowest BCUT2D eigenvalue weighted by atomic mass is 10.3. The fourth-order valence-corrected chi connectivity index (χ4v) is 1.51. The van der Waals surface area contributed by atoms with E-state index in [4.69, 9.17) is 0 Å². The number of nitrogens with zero attached hydrogens (tertiary/aromatic N) is 1. The number of alkyl halides is 3. The van der Waals surface area contributed by atoms with Gasteiger partial charge in [0, 0.05) is 6.20 Å². The van der Waals surface area contributed by atoms with Crippen molar-refractivity contribution in [3.63, 3.8) is 0 Å². The smallest absolute Gasteiger partial charge is 0.267 e. The Morgan fingerprint density at radius 3 is 2.88 bits per heavy atom. The minimum absolute atomic E-state index is 0.169. The Morgan fingerprint density at radius 1 is 1.59 bits per heavy atom. The number of hydrogen-bond acceptors (Lipinski definition) is 4. The van der Waals surface area contributed by atoms with E-state index in [1.54, 1.807) is 11.7 Å². The molecule has 0 fully saturated rings. The van der Waals surface area contributed by atoms with Crippen molar-refractivity contribution in [3.8, 4) is 0 Å². The molecule has 1 amide bonds. The van der Waals surface area contributed by atoms with Crippen LogP contribution >= 0.6 is 11.8 Å². The Hall–Kier alpha value is -1.28. The van der Waals surface area contributed by atoms with Crippen molar-refractivity contribution in [2.45, 2.75) is 11.2 Å². The minimum Gasteiger partial charge on any atom is -0.267 e. The van der Waals surface area contributed by atoms with Crippen LogP contribution in [-0.2, 0) is 4.84 Å². The molecule has 0 aliphatic heterocycles. The summed E-state index contributed by atoms with van der Waals surface area (Å²) in [5.41, 5.74) is 1.89. The van der Waals surface area contributed by atoms with Gasteiger partial charge in [0.1, 0.15) is 5.03 Å². The van der Waals surface area contributed by atoms with E-state index in [2.05, 4.69) is 9.82 Å². The van der Waals surface area contributed by atoms with Crippen molar-refractivity contribution in [2.24, 2.45) is 0 Å². The molecule has 0 spiro atoms. The maximum Gasteiger partial charge on any atom is 0.414 e. The Balaban J connectivity index is 2.58. The lowest BCUT2D eigenvalue weighted by Gasteiger charge is -2.09. The van der Waals surface area contributed by atoms with Gasteiger partial charge in [0.05, 0.1) is 5.56 Å². The lowest BCUT2D eigenvalue weighted by molar-refractivity contribution is -0.184. The van der Waals surface area contributed by atoms with E-state index in [0.717, 1.165) is 0 Å². The molecule has 0 aromatic carbocycles. The van der Waals surface area contributed by atoms with Crippen LogP contribution in [0.5, 0.6) is 0 Å². The van der Waals surface area contributed by atoms with E-state index in [9.17, 15) is 18.0 Å². The summed E-state index contributed by atoms with van der Waals surface area (Å²) in [6.07, 6.45) is -1.29. The van der Waals surface area contributed by atoms with Gasteiger partial charge in [-0.2, -0.15) is 13.2 Å². The number of amides is 1. The molecule has 0 aliphatic rings. The monoisotopic (exact) mass is 266 g/mol. The number of hydrogen-bond donors (Lipinski definition) is 1. The van der Waals surface area contributed by atoms with Gasteiger partial charge in [-0.15, -0.1) is 11.8 Å². The first-order chi connectivity index (χ1) is 7.94. The summed E-state index contributed by atoms with van der Waals surface area (Å²) in [6, 6.07) is 2.96. The minimum atomic E-state index is -4.48. The molecule has 94 valence electrons. The number of nitrogens with one attached hydrogen (secondary N) is 1. The predicted molar refractivity (Wildman–Crippen MR) is 55.5 cm³/mol. The molecule has 1 aromatic rings. The third-order valence-electron chi connectivity index (χ3n) is 1.61. The van der Waals surface area contributed by atoms with Gasteiger partial charge in [0.15, 0.2) is 6.61 Å². The van der Waals surface area contributed by atoms with E-state index in [1.165, 1.54) is 30.1 Å². The third-order valence-corrected chi connectivity index (χ3v) is 2.32. The Kier molecular flexibility index (Phi) is 4.76. The second-order valence-corrected chi connectivity index (χ2v) is 3.69. The fraction of sp³-hybridized carbons (Fsp3) is 0.333. The molecule has 0 saturated carbocycles. The van der Waals surface area contributed by atoms with Crippen LogP contribution in [0.15, 0.2) is 23.4 Å². The van der Waals surface area contributed by atoms with Gasteiger partial charge in [-0.25, -0.2) is 10.5 Å². The summed E-state index contributed by atoms with van der Waals surface area (Å²) in [4.78, 5) is 19.4. The van der Waals surface area contributed by atoms with Gasteiger partial charge >= 0.3 is 6.18 Å². The van der Waals surface area contributed by atoms with Crippen molar-refractivity contribution in [2.75, 3.05) is 12.9 Å². The number of carbonyl (C=O) groups excluding carboxylic acids is 1. The molecular formula is C9H9F3N2O2S. The van der Waals surface area contributed by atoms with Gasteiger partial charge in [0.25, 0.3) is 5.91 Å². The first-order valence-electron chi connectivity index (χ1n) is 4.42. The average molecular weight is 266 g/mol. The fourth-order valence-electron chi connectivity index (χ4n) is 0.965. The first-order valence-corrected chi connectivity index (χ1v) is 5.64. The number of thioether (sulfide) groups is 1. The van der Waals surface area contributed by atoms with Crippen molar-refractivity contribution in [1.82, 2.24) is 10.5 Å². The number of hydroxylamine groups is 1. The van der Waals surface area contributed by atoms with Crippen LogP contribution in [0.25, 0.3) is 0 Å². The molecule has 0 aliphatic carbocycles. The quantitative estimate of drug-likeness (QED) is 0.669. The molecule has 17 heavy (non-hydrogen) atoms. The van der Waals surface area contributed by atoms with E-state index in [1.807, 2.05) is 0 Å². The topological polar surface area (TPSA) is 51.2 Å². The second kappa shape index (κ2) is 5.87. The van der Waals surface area contributed by atoms with Gasteiger partial charge in [0.2, 0.25) is 0 Å². The zero-order valence-electron chi connectivity index (χ0n) is 8.75. The van der Waals surface area contributed by atoms with Crippen molar-refractivity contribution >= 4 is 17.7 Å². The molecule has 0 atom stereocenters. The average Bonchev–Trinajstić information content (AvgIpc) is 2.27. The highest BCUT2D eigenvalue weighted by atomic mass is 32.2. The molecule has 1 aromatic heterocycles. The van der Waals surface area contributed by atoms with E-state index in [0.29, 0.717) is 5.03 Å². The standard InChI is InChI=1S/C9H9F3N2O2S/c1-17-8-6(3-2-4-13-8)7(15)14-16-5-9(10,11)12/h2-4H,5H2,1H3,(H,14,15). The maximum atomic E-state index is 11.8. The highest BCUT2D eigenvalue weighted by Crippen LogP contribution is 2.17. The van der Waals surface area contributed by atoms with Crippen molar-refractivity contribution in [1.29, 1.82) is 0 Å². The molecule has 0 bridgehead atoms. The van der Waals surface area contributed by atoms with Crippen molar-refractivity contribution < 1.29 is 22.8 Å². The summed E-state index contributed by atoms with van der Waals surface area (Å²) in [7, 11) is 0. The second-order valence-electron chi connectivity index (χ2n) is 2.90. The van der Waals surface area contributed by atoms with Gasteiger partial charge in [-0.05, 0) is 18.4 Å². The van der Waals surface area contributed by atoms with Crippen LogP contribution in [-0.4, -0.2) is 29.9 Å². The van der Waals surface area contributed by atoms with Crippen LogP contribution in [0.1, 0.15) is 10.4 Å². The molecule has 0 unspecified atom stereocenters. The first kappa shape index (κ1) is 13.8. The number of carbonyl (C=O) groups is 1.